The van der Waals surface area contributed by atoms with Crippen LogP contribution < -0.4 is 4.74 Å². The summed E-state index contributed by atoms with van der Waals surface area (Å²) in [6, 6.07) is 8.48. The molecule has 3 rings (SSSR count). The zero-order valence-electron chi connectivity index (χ0n) is 12.9. The van der Waals surface area contributed by atoms with Crippen LogP contribution in [0, 0.1) is 11.8 Å². The van der Waals surface area contributed by atoms with Crippen LogP contribution >= 0.6 is 9.47 Å². The van der Waals surface area contributed by atoms with E-state index in [1.54, 1.807) is 30.3 Å². The van der Waals surface area contributed by atoms with E-state index in [1.807, 2.05) is 0 Å². The molecule has 24 heavy (non-hydrogen) atoms. The van der Waals surface area contributed by atoms with Crippen molar-refractivity contribution >= 4 is 15.4 Å². The lowest BCUT2D eigenvalue weighted by atomic mass is 9.91. The van der Waals surface area contributed by atoms with Gasteiger partial charge in [0.25, 0.3) is 5.92 Å². The van der Waals surface area contributed by atoms with E-state index in [4.69, 9.17) is 14.0 Å². The molecule has 0 bridgehead atoms. The Morgan fingerprint density at radius 1 is 1.33 bits per heavy atom. The maximum absolute atomic E-state index is 14.1. The van der Waals surface area contributed by atoms with Crippen molar-refractivity contribution < 1.29 is 27.6 Å². The number of carbonyl (C=O) groups excluding carboxylic acids is 1. The third-order valence-corrected chi connectivity index (χ3v) is 4.81. The van der Waals surface area contributed by atoms with Gasteiger partial charge in [0.1, 0.15) is 11.9 Å². The van der Waals surface area contributed by atoms with E-state index < -0.39 is 12.5 Å². The van der Waals surface area contributed by atoms with Gasteiger partial charge in [-0.15, -0.1) is 0 Å². The second-order valence-corrected chi connectivity index (χ2v) is 6.38. The molecule has 0 aromatic heterocycles. The molecule has 5 atom stereocenters. The number of esters is 1. The van der Waals surface area contributed by atoms with Crippen LogP contribution in [0.2, 0.25) is 0 Å². The van der Waals surface area contributed by atoms with E-state index in [0.717, 1.165) is 6.08 Å². The Balaban J connectivity index is 1.63. The maximum atomic E-state index is 14.1. The van der Waals surface area contributed by atoms with Gasteiger partial charge in [0.05, 0.1) is 12.5 Å². The lowest BCUT2D eigenvalue weighted by Crippen LogP contribution is -2.25. The topological polar surface area (TPSA) is 44.8 Å². The van der Waals surface area contributed by atoms with E-state index in [-0.39, 0.29) is 36.4 Å². The lowest BCUT2D eigenvalue weighted by Gasteiger charge is -2.19. The fourth-order valence-electron chi connectivity index (χ4n) is 3.31. The first-order valence-corrected chi connectivity index (χ1v) is 8.26. The molecule has 2 fully saturated rings. The molecule has 0 spiro atoms. The number of fused-ring (bicyclic) bond motifs is 1. The summed E-state index contributed by atoms with van der Waals surface area (Å²) in [6.07, 6.45) is 2.57. The minimum absolute atomic E-state index is 0.106. The quantitative estimate of drug-likeness (QED) is 0.445. The fourth-order valence-corrected chi connectivity index (χ4v) is 3.60. The summed E-state index contributed by atoms with van der Waals surface area (Å²) in [6.45, 7) is -0.740. The highest BCUT2D eigenvalue weighted by Crippen LogP contribution is 2.44. The smallest absolute Gasteiger partial charge is 0.306 e. The van der Waals surface area contributed by atoms with E-state index in [1.165, 1.54) is 6.08 Å². The van der Waals surface area contributed by atoms with Gasteiger partial charge in [0.15, 0.2) is 6.61 Å². The Hall–Kier alpha value is -1.52. The number of halogens is 2. The molecule has 1 heterocycles. The van der Waals surface area contributed by atoms with Gasteiger partial charge in [-0.3, -0.25) is 4.79 Å². The second kappa shape index (κ2) is 7.16. The molecular formula is C17H19F2O4P. The average molecular weight is 356 g/mol. The van der Waals surface area contributed by atoms with Gasteiger partial charge in [-0.05, 0) is 18.2 Å². The first-order valence-electron chi connectivity index (χ1n) is 7.78. The molecule has 0 N–H and O–H groups in total. The summed E-state index contributed by atoms with van der Waals surface area (Å²) in [5, 5.41) is 0. The van der Waals surface area contributed by atoms with Crippen LogP contribution in [0.25, 0.3) is 0 Å². The highest BCUT2D eigenvalue weighted by Gasteiger charge is 2.49. The van der Waals surface area contributed by atoms with E-state index in [0.29, 0.717) is 12.2 Å². The Morgan fingerprint density at radius 3 is 2.79 bits per heavy atom. The predicted molar refractivity (Wildman–Crippen MR) is 86.7 cm³/mol. The Labute approximate surface area is 141 Å². The highest BCUT2D eigenvalue weighted by molar-refractivity contribution is 7.09. The third-order valence-electron chi connectivity index (χ3n) is 4.46. The van der Waals surface area contributed by atoms with E-state index >= 15 is 0 Å². The van der Waals surface area contributed by atoms with Crippen LogP contribution in [0.4, 0.5) is 8.78 Å². The van der Waals surface area contributed by atoms with Crippen LogP contribution in [0.3, 0.4) is 0 Å². The molecule has 1 saturated heterocycles. The van der Waals surface area contributed by atoms with E-state index in [2.05, 4.69) is 9.47 Å². The molecule has 1 unspecified atom stereocenters. The van der Waals surface area contributed by atoms with Gasteiger partial charge in [-0.1, -0.05) is 24.3 Å². The average Bonchev–Trinajstić information content (AvgIpc) is 3.08. The monoisotopic (exact) mass is 356 g/mol. The van der Waals surface area contributed by atoms with Gasteiger partial charge < -0.3 is 14.0 Å². The SMILES string of the molecule is O=C1C[C@@H]2[C@@H](/C=C/C(F)(F)COc3ccccc3)[C@H](OP)C[C@@H]2O1. The minimum Gasteiger partial charge on any atom is -0.487 e. The molecule has 1 aliphatic heterocycles. The highest BCUT2D eigenvalue weighted by atomic mass is 31.0. The molecule has 1 aromatic carbocycles. The van der Waals surface area contributed by atoms with Gasteiger partial charge in [-0.2, -0.15) is 8.78 Å². The van der Waals surface area contributed by atoms with E-state index in [9.17, 15) is 13.6 Å². The van der Waals surface area contributed by atoms with Crippen LogP contribution in [-0.4, -0.2) is 30.7 Å². The molecule has 0 radical (unpaired) electrons. The molecule has 130 valence electrons. The number of carbonyl (C=O) groups is 1. The number of benzene rings is 1. The van der Waals surface area contributed by atoms with Crippen LogP contribution in [0.15, 0.2) is 42.5 Å². The number of para-hydroxylation sites is 1. The maximum Gasteiger partial charge on any atom is 0.306 e. The largest absolute Gasteiger partial charge is 0.487 e. The standard InChI is InChI=1S/C17H19F2O4P/c18-17(19,10-21-11-4-2-1-3-5-11)7-6-12-13-8-16(20)22-14(13)9-15(12)23-24/h1-7,12-15H,8-10,24H2/b7-6+/t12-,13-,14+,15-/m1/s1. The third kappa shape index (κ3) is 3.93. The van der Waals surface area contributed by atoms with Gasteiger partial charge >= 0.3 is 5.97 Å². The van der Waals surface area contributed by atoms with Crippen molar-refractivity contribution in [2.75, 3.05) is 6.61 Å². The zero-order chi connectivity index (χ0) is 17.2. The lowest BCUT2D eigenvalue weighted by molar-refractivity contribution is -0.141. The van der Waals surface area contributed by atoms with Crippen molar-refractivity contribution in [1.82, 2.24) is 0 Å². The van der Waals surface area contributed by atoms with Gasteiger partial charge in [0.2, 0.25) is 0 Å². The van der Waals surface area contributed by atoms with Gasteiger partial charge in [-0.25, -0.2) is 0 Å². The Kier molecular flexibility index (Phi) is 5.16. The molecule has 1 aromatic rings. The van der Waals surface area contributed by atoms with Crippen molar-refractivity contribution in [1.29, 1.82) is 0 Å². The van der Waals surface area contributed by atoms with Crippen molar-refractivity contribution in [3.63, 3.8) is 0 Å². The summed E-state index contributed by atoms with van der Waals surface area (Å²) < 4.78 is 43.7. The summed E-state index contributed by atoms with van der Waals surface area (Å²) in [5.74, 6) is -3.37. The molecule has 0 amide bonds. The number of rotatable bonds is 6. The first-order chi connectivity index (χ1) is 11.5. The minimum atomic E-state index is -3.11. The van der Waals surface area contributed by atoms with Crippen LogP contribution in [0.5, 0.6) is 5.75 Å². The van der Waals surface area contributed by atoms with Crippen molar-refractivity contribution in [3.8, 4) is 5.75 Å². The van der Waals surface area contributed by atoms with Crippen molar-refractivity contribution in [2.24, 2.45) is 11.8 Å². The van der Waals surface area contributed by atoms with Gasteiger partial charge in [0, 0.05) is 27.7 Å². The summed E-state index contributed by atoms with van der Waals surface area (Å²) >= 11 is 0. The molecule has 7 heteroatoms. The number of hydrogen-bond acceptors (Lipinski definition) is 4. The Morgan fingerprint density at radius 2 is 2.08 bits per heavy atom. The zero-order valence-corrected chi connectivity index (χ0v) is 14.1. The second-order valence-electron chi connectivity index (χ2n) is 6.11. The summed E-state index contributed by atoms with van der Waals surface area (Å²) in [4.78, 5) is 11.4. The fraction of sp³-hybridized carbons (Fsp3) is 0.471. The molecule has 1 saturated carbocycles. The molecule has 1 aliphatic carbocycles. The van der Waals surface area contributed by atoms with Crippen LogP contribution in [0.1, 0.15) is 12.8 Å². The normalized spacial score (nSPS) is 29.7. The molecule has 2 aliphatic rings. The van der Waals surface area contributed by atoms with Crippen molar-refractivity contribution in [3.05, 3.63) is 42.5 Å². The number of ether oxygens (including phenoxy) is 2. The molecular weight excluding hydrogens is 337 g/mol. The molecule has 4 nitrogen and oxygen atoms in total. The number of hydrogen-bond donors (Lipinski definition) is 0. The summed E-state index contributed by atoms with van der Waals surface area (Å²) in [7, 11) is 2.16. The Bertz CT molecular complexity index is 608. The predicted octanol–water partition coefficient (Wildman–Crippen LogP) is 3.38. The number of alkyl halides is 2. The van der Waals surface area contributed by atoms with Crippen molar-refractivity contribution in [2.45, 2.75) is 31.0 Å². The summed E-state index contributed by atoms with van der Waals surface area (Å²) in [5.41, 5.74) is 0. The van der Waals surface area contributed by atoms with Crippen LogP contribution in [-0.2, 0) is 14.1 Å². The first kappa shape index (κ1) is 17.3.